The maximum Gasteiger partial charge on any atom is 0.244 e. The Labute approximate surface area is 200 Å². The van der Waals surface area contributed by atoms with Crippen molar-refractivity contribution < 1.29 is 22.7 Å². The molecule has 2 aromatic rings. The summed E-state index contributed by atoms with van der Waals surface area (Å²) < 4.78 is 31.3. The maximum absolute atomic E-state index is 13.5. The highest BCUT2D eigenvalue weighted by Gasteiger charge is 2.31. The molecule has 0 fully saturated rings. The van der Waals surface area contributed by atoms with Crippen LogP contribution in [-0.4, -0.2) is 57.6 Å². The van der Waals surface area contributed by atoms with Crippen LogP contribution in [0.1, 0.15) is 25.8 Å². The molecule has 8 nitrogen and oxygen atoms in total. The number of nitrogens with zero attached hydrogens (tertiary/aromatic N) is 2. The number of sulfonamides is 1. The van der Waals surface area contributed by atoms with E-state index in [1.54, 1.807) is 62.4 Å². The lowest BCUT2D eigenvalue weighted by atomic mass is 10.1. The second kappa shape index (κ2) is 11.9. The Morgan fingerprint density at radius 3 is 2.24 bits per heavy atom. The third kappa shape index (κ3) is 7.10. The number of benzene rings is 2. The second-order valence-corrected chi connectivity index (χ2v) is 9.71. The summed E-state index contributed by atoms with van der Waals surface area (Å²) in [4.78, 5) is 27.6. The van der Waals surface area contributed by atoms with Gasteiger partial charge < -0.3 is 15.0 Å². The standard InChI is InChI=1S/C23H30ClN3O5S/c1-5-21(23(29)25-6-2)26(15-17-9-7-8-10-20(17)24)22(28)16-27(33(4,30)31)18-11-13-19(32-3)14-12-18/h7-14,21H,5-6,15-16H2,1-4H3,(H,25,29)/t21-/m1/s1. The topological polar surface area (TPSA) is 96.0 Å². The number of amides is 2. The molecule has 0 unspecified atom stereocenters. The third-order valence-electron chi connectivity index (χ3n) is 5.08. The molecule has 2 aromatic carbocycles. The first kappa shape index (κ1) is 26.5. The Morgan fingerprint density at radius 2 is 1.73 bits per heavy atom. The van der Waals surface area contributed by atoms with Gasteiger partial charge in [-0.15, -0.1) is 0 Å². The molecule has 0 spiro atoms. The molecule has 2 rings (SSSR count). The van der Waals surface area contributed by atoms with Crippen LogP contribution in [0.25, 0.3) is 0 Å². The van der Waals surface area contributed by atoms with Gasteiger partial charge in [-0.1, -0.05) is 36.7 Å². The number of anilines is 1. The Morgan fingerprint density at radius 1 is 1.09 bits per heavy atom. The summed E-state index contributed by atoms with van der Waals surface area (Å²) in [6.45, 7) is 3.59. The molecule has 1 N–H and O–H groups in total. The van der Waals surface area contributed by atoms with Crippen LogP contribution < -0.4 is 14.4 Å². The van der Waals surface area contributed by atoms with Gasteiger partial charge in [0.25, 0.3) is 0 Å². The zero-order valence-corrected chi connectivity index (χ0v) is 20.8. The molecule has 0 aliphatic heterocycles. The quantitative estimate of drug-likeness (QED) is 0.517. The summed E-state index contributed by atoms with van der Waals surface area (Å²) in [7, 11) is -2.29. The number of carbonyl (C=O) groups is 2. The lowest BCUT2D eigenvalue weighted by molar-refractivity contribution is -0.140. The van der Waals surface area contributed by atoms with E-state index in [0.29, 0.717) is 35.0 Å². The van der Waals surface area contributed by atoms with Crippen LogP contribution in [0.2, 0.25) is 5.02 Å². The van der Waals surface area contributed by atoms with Crippen LogP contribution in [0, 0.1) is 0 Å². The largest absolute Gasteiger partial charge is 0.497 e. The molecule has 0 radical (unpaired) electrons. The van der Waals surface area contributed by atoms with E-state index < -0.39 is 28.5 Å². The lowest BCUT2D eigenvalue weighted by Gasteiger charge is -2.33. The Kier molecular flexibility index (Phi) is 9.55. The Hall–Kier alpha value is -2.78. The molecule has 33 heavy (non-hydrogen) atoms. The molecule has 0 saturated heterocycles. The van der Waals surface area contributed by atoms with Crippen molar-refractivity contribution in [2.45, 2.75) is 32.9 Å². The van der Waals surface area contributed by atoms with Gasteiger partial charge in [0, 0.05) is 18.1 Å². The summed E-state index contributed by atoms with van der Waals surface area (Å²) in [6, 6.07) is 12.6. The minimum absolute atomic E-state index is 0.0639. The van der Waals surface area contributed by atoms with E-state index in [1.165, 1.54) is 12.0 Å². The van der Waals surface area contributed by atoms with Crippen molar-refractivity contribution >= 4 is 39.1 Å². The van der Waals surface area contributed by atoms with E-state index in [-0.39, 0.29) is 12.5 Å². The van der Waals surface area contributed by atoms with E-state index in [9.17, 15) is 18.0 Å². The van der Waals surface area contributed by atoms with Crippen molar-refractivity contribution in [3.63, 3.8) is 0 Å². The fraction of sp³-hybridized carbons (Fsp3) is 0.391. The maximum atomic E-state index is 13.5. The Balaban J connectivity index is 2.43. The van der Waals surface area contributed by atoms with Crippen molar-refractivity contribution in [2.75, 3.05) is 30.8 Å². The predicted molar refractivity (Wildman–Crippen MR) is 130 cm³/mol. The van der Waals surface area contributed by atoms with Crippen molar-refractivity contribution in [3.05, 3.63) is 59.1 Å². The molecule has 0 heterocycles. The highest BCUT2D eigenvalue weighted by Crippen LogP contribution is 2.24. The van der Waals surface area contributed by atoms with Crippen molar-refractivity contribution in [3.8, 4) is 5.75 Å². The van der Waals surface area contributed by atoms with E-state index in [1.807, 2.05) is 0 Å². The molecule has 180 valence electrons. The molecule has 0 aliphatic carbocycles. The number of rotatable bonds is 11. The van der Waals surface area contributed by atoms with Crippen molar-refractivity contribution in [1.29, 1.82) is 0 Å². The zero-order valence-electron chi connectivity index (χ0n) is 19.2. The average molecular weight is 496 g/mol. The number of ether oxygens (including phenoxy) is 1. The molecule has 0 aromatic heterocycles. The first-order chi connectivity index (χ1) is 15.6. The fourth-order valence-electron chi connectivity index (χ4n) is 3.38. The first-order valence-corrected chi connectivity index (χ1v) is 12.8. The van der Waals surface area contributed by atoms with Crippen LogP contribution >= 0.6 is 11.6 Å². The zero-order chi connectivity index (χ0) is 24.6. The molecule has 1 atom stereocenters. The van der Waals surface area contributed by atoms with Crippen LogP contribution in [0.15, 0.2) is 48.5 Å². The summed E-state index contributed by atoms with van der Waals surface area (Å²) in [5.41, 5.74) is 0.973. The first-order valence-electron chi connectivity index (χ1n) is 10.5. The van der Waals surface area contributed by atoms with Gasteiger partial charge in [0.2, 0.25) is 21.8 Å². The summed E-state index contributed by atoms with van der Waals surface area (Å²) in [5.74, 6) is -0.272. The number of hydrogen-bond acceptors (Lipinski definition) is 5. The third-order valence-corrected chi connectivity index (χ3v) is 6.58. The van der Waals surface area contributed by atoms with Gasteiger partial charge in [-0.05, 0) is 49.2 Å². The van der Waals surface area contributed by atoms with E-state index in [4.69, 9.17) is 16.3 Å². The fourth-order valence-corrected chi connectivity index (χ4v) is 4.43. The van der Waals surface area contributed by atoms with Crippen molar-refractivity contribution in [1.82, 2.24) is 10.2 Å². The minimum Gasteiger partial charge on any atom is -0.497 e. The highest BCUT2D eigenvalue weighted by atomic mass is 35.5. The van der Waals surface area contributed by atoms with Gasteiger partial charge >= 0.3 is 0 Å². The van der Waals surface area contributed by atoms with Gasteiger partial charge in [-0.25, -0.2) is 8.42 Å². The van der Waals surface area contributed by atoms with Crippen molar-refractivity contribution in [2.24, 2.45) is 0 Å². The molecule has 10 heteroatoms. The SMILES string of the molecule is CCNC(=O)[C@@H](CC)N(Cc1ccccc1Cl)C(=O)CN(c1ccc(OC)cc1)S(C)(=O)=O. The number of likely N-dealkylation sites (N-methyl/N-ethyl adjacent to an activating group) is 1. The smallest absolute Gasteiger partial charge is 0.244 e. The Bertz CT molecular complexity index is 1060. The van der Waals surface area contributed by atoms with E-state index in [0.717, 1.165) is 10.6 Å². The number of hydrogen-bond donors (Lipinski definition) is 1. The minimum atomic E-state index is -3.79. The monoisotopic (exact) mass is 495 g/mol. The number of carbonyl (C=O) groups excluding carboxylic acids is 2. The molecule has 0 aliphatic rings. The van der Waals surface area contributed by atoms with Crippen LogP contribution in [0.3, 0.4) is 0 Å². The van der Waals surface area contributed by atoms with Crippen LogP contribution in [0.4, 0.5) is 5.69 Å². The normalized spacial score (nSPS) is 12.0. The number of halogens is 1. The molecule has 0 bridgehead atoms. The van der Waals surface area contributed by atoms with Gasteiger partial charge in [-0.2, -0.15) is 0 Å². The number of methoxy groups -OCH3 is 1. The summed E-state index contributed by atoms with van der Waals surface area (Å²) in [6.07, 6.45) is 1.38. The van der Waals surface area contributed by atoms with Gasteiger partial charge in [0.1, 0.15) is 18.3 Å². The lowest BCUT2D eigenvalue weighted by Crippen LogP contribution is -2.52. The van der Waals surface area contributed by atoms with Gasteiger partial charge in [0.15, 0.2) is 0 Å². The second-order valence-electron chi connectivity index (χ2n) is 7.40. The molecule has 2 amide bonds. The van der Waals surface area contributed by atoms with Gasteiger partial charge in [-0.3, -0.25) is 13.9 Å². The van der Waals surface area contributed by atoms with Crippen LogP contribution in [0.5, 0.6) is 5.75 Å². The van der Waals surface area contributed by atoms with Crippen LogP contribution in [-0.2, 0) is 26.2 Å². The number of nitrogens with one attached hydrogen (secondary N) is 1. The highest BCUT2D eigenvalue weighted by molar-refractivity contribution is 7.92. The molecule has 0 saturated carbocycles. The van der Waals surface area contributed by atoms with Gasteiger partial charge in [0.05, 0.1) is 19.1 Å². The van der Waals surface area contributed by atoms with E-state index >= 15 is 0 Å². The molecular weight excluding hydrogens is 466 g/mol. The molecular formula is C23H30ClN3O5S. The average Bonchev–Trinajstić information content (AvgIpc) is 2.78. The predicted octanol–water partition coefficient (Wildman–Crippen LogP) is 3.06. The summed E-state index contributed by atoms with van der Waals surface area (Å²) in [5, 5.41) is 3.20. The van der Waals surface area contributed by atoms with E-state index in [2.05, 4.69) is 5.32 Å². The summed E-state index contributed by atoms with van der Waals surface area (Å²) >= 11 is 6.31.